The zero-order valence-electron chi connectivity index (χ0n) is 8.29. The van der Waals surface area contributed by atoms with E-state index in [-0.39, 0.29) is 37.8 Å². The first-order chi connectivity index (χ1) is 5.61. The van der Waals surface area contributed by atoms with Gasteiger partial charge in [0.15, 0.2) is 5.43 Å². The summed E-state index contributed by atoms with van der Waals surface area (Å²) in [5.41, 5.74) is 0.478. The molecule has 0 N–H and O–H groups in total. The minimum Gasteiger partial charge on any atom is -1.00 e. The first-order valence-electron chi connectivity index (χ1n) is 3.92. The summed E-state index contributed by atoms with van der Waals surface area (Å²) in [6, 6.07) is 6.13. The van der Waals surface area contributed by atoms with Crippen LogP contribution in [0.3, 0.4) is 0 Å². The van der Waals surface area contributed by atoms with Crippen molar-refractivity contribution in [2.45, 2.75) is 19.8 Å². The van der Waals surface area contributed by atoms with Crippen molar-refractivity contribution < 1.29 is 37.0 Å². The van der Waals surface area contributed by atoms with Crippen molar-refractivity contribution in [3.8, 4) is 5.75 Å². The van der Waals surface area contributed by atoms with E-state index in [0.717, 1.165) is 5.56 Å². The van der Waals surface area contributed by atoms with Crippen LogP contribution in [0.2, 0.25) is 0 Å². The van der Waals surface area contributed by atoms with Gasteiger partial charge in [0, 0.05) is 0 Å². The van der Waals surface area contributed by atoms with E-state index in [9.17, 15) is 9.90 Å². The molecule has 2 nitrogen and oxygen atoms in total. The van der Waals surface area contributed by atoms with Crippen molar-refractivity contribution in [3.63, 3.8) is 0 Å². The smallest absolute Gasteiger partial charge is 1.00 e. The molecule has 0 aromatic heterocycles. The van der Waals surface area contributed by atoms with Crippen LogP contribution in [0.25, 0.3) is 0 Å². The molecule has 0 radical (unpaired) electrons. The fourth-order valence-electron chi connectivity index (χ4n) is 0.958. The summed E-state index contributed by atoms with van der Waals surface area (Å²) in [5, 5.41) is 10.9. The van der Waals surface area contributed by atoms with E-state index in [1.165, 1.54) is 12.1 Å². The molecule has 0 aliphatic rings. The number of hydrogen-bond donors (Lipinski definition) is 0. The van der Waals surface area contributed by atoms with Gasteiger partial charge in [0.1, 0.15) is 0 Å². The maximum atomic E-state index is 11.0. The summed E-state index contributed by atoms with van der Waals surface area (Å²) in [6.07, 6.45) is 0. The molecule has 0 atom stereocenters. The van der Waals surface area contributed by atoms with Crippen molar-refractivity contribution in [2.24, 2.45) is 0 Å². The average molecular weight is 264 g/mol. The molecule has 0 saturated heterocycles. The van der Waals surface area contributed by atoms with Crippen LogP contribution in [0.4, 0.5) is 0 Å². The number of halogens is 1. The molecule has 0 unspecified atom stereocenters. The molecule has 14 heavy (non-hydrogen) atoms. The van der Waals surface area contributed by atoms with Gasteiger partial charge in [0.05, 0.1) is 0 Å². The Bertz CT molecular complexity index is 339. The van der Waals surface area contributed by atoms with E-state index in [1.54, 1.807) is 12.1 Å². The first kappa shape index (κ1) is 16.0. The molecule has 0 aliphatic heterocycles. The molecule has 0 aliphatic carbocycles. The Morgan fingerprint density at radius 2 is 1.86 bits per heavy atom. The van der Waals surface area contributed by atoms with Gasteiger partial charge in [-0.25, -0.2) is 0 Å². The average Bonchev–Trinajstić information content (AvgIpc) is 2.15. The summed E-state index contributed by atoms with van der Waals surface area (Å²) < 4.78 is 0. The quantitative estimate of drug-likeness (QED) is 0.564. The minimum absolute atomic E-state index is 0. The zero-order chi connectivity index (χ0) is 9.14. The Kier molecular flexibility index (Phi) is 7.99. The van der Waals surface area contributed by atoms with Crippen LogP contribution in [-0.2, 0) is 19.5 Å². The Balaban J connectivity index is 0. The van der Waals surface area contributed by atoms with Crippen molar-refractivity contribution >= 4 is 0 Å². The van der Waals surface area contributed by atoms with Crippen molar-refractivity contribution in [2.75, 3.05) is 0 Å². The second-order valence-corrected chi connectivity index (χ2v) is 3.05. The molecule has 1 rings (SSSR count). The normalized spacial score (nSPS) is 8.79. The van der Waals surface area contributed by atoms with Gasteiger partial charge in [-0.1, -0.05) is 37.8 Å². The molecular formula is C10H11ClO2Zn. The van der Waals surface area contributed by atoms with Gasteiger partial charge in [-0.05, 0) is 17.5 Å². The third-order valence-electron chi connectivity index (χ3n) is 1.74. The fraction of sp³-hybridized carbons (Fsp3) is 0.300. The monoisotopic (exact) mass is 262 g/mol. The van der Waals surface area contributed by atoms with E-state index in [2.05, 4.69) is 0 Å². The Morgan fingerprint density at radius 1 is 1.29 bits per heavy atom. The van der Waals surface area contributed by atoms with Gasteiger partial charge in [-0.15, -0.1) is 0 Å². The summed E-state index contributed by atoms with van der Waals surface area (Å²) >= 11 is 0. The van der Waals surface area contributed by atoms with Gasteiger partial charge in [-0.2, -0.15) is 0 Å². The zero-order valence-corrected chi connectivity index (χ0v) is 12.0. The van der Waals surface area contributed by atoms with E-state index >= 15 is 0 Å². The largest absolute Gasteiger partial charge is 2.00 e. The van der Waals surface area contributed by atoms with Crippen LogP contribution in [0.1, 0.15) is 25.3 Å². The molecular weight excluding hydrogens is 253 g/mol. The SMILES string of the molecule is CC(C)c1cccc([O-])c(=O)c1.[Cl-].[Zn+2]. The van der Waals surface area contributed by atoms with E-state index in [1.807, 2.05) is 13.8 Å². The van der Waals surface area contributed by atoms with E-state index in [4.69, 9.17) is 0 Å². The molecule has 0 amide bonds. The van der Waals surface area contributed by atoms with Crippen molar-refractivity contribution in [1.29, 1.82) is 0 Å². The Labute approximate surface area is 103 Å². The van der Waals surface area contributed by atoms with Gasteiger partial charge >= 0.3 is 19.5 Å². The Morgan fingerprint density at radius 3 is 2.36 bits per heavy atom. The van der Waals surface area contributed by atoms with Gasteiger partial charge < -0.3 is 17.5 Å². The van der Waals surface area contributed by atoms with Crippen molar-refractivity contribution in [1.82, 2.24) is 0 Å². The molecule has 4 heteroatoms. The molecule has 72 valence electrons. The minimum atomic E-state index is -0.443. The van der Waals surface area contributed by atoms with Crippen LogP contribution in [0.5, 0.6) is 5.75 Å². The standard InChI is InChI=1S/C10H12O2.ClH.Zn/c1-7(2)8-4-3-5-9(11)10(12)6-8;;/h3-7H,1-2H3,(H,11,12);1H;/q;;+2/p-2. The molecule has 0 bridgehead atoms. The molecule has 0 fully saturated rings. The second-order valence-electron chi connectivity index (χ2n) is 3.05. The summed E-state index contributed by atoms with van der Waals surface area (Å²) in [5.74, 6) is -0.161. The maximum absolute atomic E-state index is 11.0. The summed E-state index contributed by atoms with van der Waals surface area (Å²) in [7, 11) is 0. The topological polar surface area (TPSA) is 40.1 Å². The maximum Gasteiger partial charge on any atom is 2.00 e. The predicted molar refractivity (Wildman–Crippen MR) is 46.2 cm³/mol. The first-order valence-corrected chi connectivity index (χ1v) is 3.92. The summed E-state index contributed by atoms with van der Waals surface area (Å²) in [4.78, 5) is 11.0. The van der Waals surface area contributed by atoms with Gasteiger partial charge in [0.2, 0.25) is 0 Å². The Hall–Kier alpha value is -0.397. The molecule has 1 aromatic rings. The number of hydrogen-bond acceptors (Lipinski definition) is 2. The molecule has 0 saturated carbocycles. The predicted octanol–water partition coefficient (Wildman–Crippen LogP) is -1.75. The van der Waals surface area contributed by atoms with E-state index < -0.39 is 11.2 Å². The number of rotatable bonds is 1. The van der Waals surface area contributed by atoms with Crippen LogP contribution in [0.15, 0.2) is 29.1 Å². The van der Waals surface area contributed by atoms with E-state index in [0.29, 0.717) is 0 Å². The second kappa shape index (κ2) is 6.97. The van der Waals surface area contributed by atoms with Gasteiger partial charge in [0.25, 0.3) is 0 Å². The van der Waals surface area contributed by atoms with Crippen LogP contribution < -0.4 is 22.9 Å². The third-order valence-corrected chi connectivity index (χ3v) is 1.74. The van der Waals surface area contributed by atoms with Crippen LogP contribution in [-0.4, -0.2) is 0 Å². The van der Waals surface area contributed by atoms with Gasteiger partial charge in [-0.3, -0.25) is 4.79 Å². The molecule has 0 spiro atoms. The van der Waals surface area contributed by atoms with Crippen LogP contribution in [0, 0.1) is 0 Å². The molecule has 0 heterocycles. The molecule has 1 aromatic carbocycles. The van der Waals surface area contributed by atoms with Crippen LogP contribution >= 0.6 is 0 Å². The fourth-order valence-corrected chi connectivity index (χ4v) is 0.958. The third kappa shape index (κ3) is 4.21. The van der Waals surface area contributed by atoms with Crippen molar-refractivity contribution in [3.05, 3.63) is 40.1 Å². The summed E-state index contributed by atoms with van der Waals surface area (Å²) in [6.45, 7) is 3.97.